The quantitative estimate of drug-likeness (QED) is 0.688. The van der Waals surface area contributed by atoms with Crippen LogP contribution in [0.2, 0.25) is 0 Å². The van der Waals surface area contributed by atoms with E-state index in [4.69, 9.17) is 0 Å². The molecule has 150 valence electrons. The van der Waals surface area contributed by atoms with E-state index in [9.17, 15) is 13.2 Å². The maximum absolute atomic E-state index is 12.3. The number of sulfonamides is 1. The van der Waals surface area contributed by atoms with Crippen LogP contribution in [0.25, 0.3) is 0 Å². The fourth-order valence-electron chi connectivity index (χ4n) is 4.52. The minimum atomic E-state index is -3.42. The predicted molar refractivity (Wildman–Crippen MR) is 107 cm³/mol. The molecule has 0 radical (unpaired) electrons. The molecule has 6 heteroatoms. The normalized spacial score (nSPS) is 24.4. The standard InChI is InChI=1S/C21H32N2O3S/c24-17-23(20-7-3-1-4-8-20)16-19-13-11-18(12-14-19)15-22-27(25,26)21-9-5-2-6-10-21/h2,5-6,9-10,17-20,22H,1,3-4,7-8,11-16H2. The Kier molecular flexibility index (Phi) is 7.30. The van der Waals surface area contributed by atoms with Gasteiger partial charge in [-0.05, 0) is 62.5 Å². The van der Waals surface area contributed by atoms with E-state index < -0.39 is 10.0 Å². The molecular weight excluding hydrogens is 360 g/mol. The molecule has 5 nitrogen and oxygen atoms in total. The van der Waals surface area contributed by atoms with Crippen LogP contribution in [0.5, 0.6) is 0 Å². The zero-order valence-electron chi connectivity index (χ0n) is 16.1. The molecule has 0 heterocycles. The average Bonchev–Trinajstić information content (AvgIpc) is 2.73. The maximum Gasteiger partial charge on any atom is 0.240 e. The monoisotopic (exact) mass is 392 g/mol. The van der Waals surface area contributed by atoms with Gasteiger partial charge < -0.3 is 4.90 Å². The fraction of sp³-hybridized carbons (Fsp3) is 0.667. The first-order valence-electron chi connectivity index (χ1n) is 10.3. The van der Waals surface area contributed by atoms with Crippen molar-refractivity contribution in [2.45, 2.75) is 68.7 Å². The van der Waals surface area contributed by atoms with Crippen molar-refractivity contribution in [1.29, 1.82) is 0 Å². The molecule has 0 unspecified atom stereocenters. The highest BCUT2D eigenvalue weighted by Gasteiger charge is 2.27. The minimum Gasteiger partial charge on any atom is -0.342 e. The van der Waals surface area contributed by atoms with E-state index in [1.165, 1.54) is 19.3 Å². The van der Waals surface area contributed by atoms with Gasteiger partial charge in [-0.25, -0.2) is 13.1 Å². The molecule has 0 aliphatic heterocycles. The highest BCUT2D eigenvalue weighted by Crippen LogP contribution is 2.31. The Hall–Kier alpha value is -1.40. The highest BCUT2D eigenvalue weighted by molar-refractivity contribution is 7.89. The molecule has 2 saturated carbocycles. The molecular formula is C21H32N2O3S. The Labute approximate surface area is 163 Å². The zero-order valence-corrected chi connectivity index (χ0v) is 16.9. The topological polar surface area (TPSA) is 66.5 Å². The van der Waals surface area contributed by atoms with Gasteiger partial charge in [-0.3, -0.25) is 4.79 Å². The summed E-state index contributed by atoms with van der Waals surface area (Å²) in [7, 11) is -3.42. The summed E-state index contributed by atoms with van der Waals surface area (Å²) < 4.78 is 27.5. The molecule has 1 N–H and O–H groups in total. The van der Waals surface area contributed by atoms with Crippen LogP contribution in [0.1, 0.15) is 57.8 Å². The van der Waals surface area contributed by atoms with Crippen LogP contribution >= 0.6 is 0 Å². The summed E-state index contributed by atoms with van der Waals surface area (Å²) >= 11 is 0. The molecule has 2 aliphatic carbocycles. The summed E-state index contributed by atoms with van der Waals surface area (Å²) in [4.78, 5) is 13.9. The van der Waals surface area contributed by atoms with Gasteiger partial charge in [0.2, 0.25) is 16.4 Å². The van der Waals surface area contributed by atoms with E-state index in [0.29, 0.717) is 29.3 Å². The molecule has 27 heavy (non-hydrogen) atoms. The first-order chi connectivity index (χ1) is 13.1. The Morgan fingerprint density at radius 2 is 1.56 bits per heavy atom. The van der Waals surface area contributed by atoms with Crippen molar-refractivity contribution in [2.24, 2.45) is 11.8 Å². The van der Waals surface area contributed by atoms with E-state index in [-0.39, 0.29) is 0 Å². The van der Waals surface area contributed by atoms with Gasteiger partial charge in [-0.1, -0.05) is 37.5 Å². The molecule has 1 amide bonds. The minimum absolute atomic E-state index is 0.327. The zero-order chi connectivity index (χ0) is 19.1. The van der Waals surface area contributed by atoms with Crippen LogP contribution in [0.3, 0.4) is 0 Å². The number of carbonyl (C=O) groups is 1. The molecule has 1 aromatic carbocycles. The van der Waals surface area contributed by atoms with Crippen molar-refractivity contribution < 1.29 is 13.2 Å². The van der Waals surface area contributed by atoms with Crippen molar-refractivity contribution in [3.05, 3.63) is 30.3 Å². The van der Waals surface area contributed by atoms with Gasteiger partial charge >= 0.3 is 0 Å². The molecule has 0 saturated heterocycles. The number of hydrogen-bond acceptors (Lipinski definition) is 3. The second-order valence-electron chi connectivity index (χ2n) is 8.15. The fourth-order valence-corrected chi connectivity index (χ4v) is 5.65. The summed E-state index contributed by atoms with van der Waals surface area (Å²) in [5, 5.41) is 0. The largest absolute Gasteiger partial charge is 0.342 e. The molecule has 3 rings (SSSR count). The molecule has 2 fully saturated rings. The first-order valence-corrected chi connectivity index (χ1v) is 11.8. The molecule has 0 spiro atoms. The number of carbonyl (C=O) groups excluding carboxylic acids is 1. The number of benzene rings is 1. The molecule has 0 atom stereocenters. The number of nitrogens with one attached hydrogen (secondary N) is 1. The van der Waals surface area contributed by atoms with Crippen molar-refractivity contribution in [2.75, 3.05) is 13.1 Å². The van der Waals surface area contributed by atoms with E-state index in [0.717, 1.165) is 51.5 Å². The van der Waals surface area contributed by atoms with Crippen LogP contribution < -0.4 is 4.72 Å². The Morgan fingerprint density at radius 3 is 2.19 bits per heavy atom. The van der Waals surface area contributed by atoms with Gasteiger partial charge in [0, 0.05) is 19.1 Å². The van der Waals surface area contributed by atoms with Gasteiger partial charge in [0.25, 0.3) is 0 Å². The third-order valence-electron chi connectivity index (χ3n) is 6.23. The smallest absolute Gasteiger partial charge is 0.240 e. The van der Waals surface area contributed by atoms with Crippen LogP contribution in [0, 0.1) is 11.8 Å². The summed E-state index contributed by atoms with van der Waals surface area (Å²) in [5.41, 5.74) is 0. The summed E-state index contributed by atoms with van der Waals surface area (Å²) in [5.74, 6) is 0.943. The lowest BCUT2D eigenvalue weighted by molar-refractivity contribution is -0.121. The molecule has 1 aromatic rings. The second-order valence-corrected chi connectivity index (χ2v) is 9.91. The SMILES string of the molecule is O=CN(CC1CCC(CNS(=O)(=O)c2ccccc2)CC1)C1CCCCC1. The van der Waals surface area contributed by atoms with Gasteiger partial charge in [0.1, 0.15) is 0 Å². The van der Waals surface area contributed by atoms with E-state index in [1.807, 2.05) is 11.0 Å². The average molecular weight is 393 g/mol. The van der Waals surface area contributed by atoms with Gasteiger partial charge in [-0.15, -0.1) is 0 Å². The van der Waals surface area contributed by atoms with E-state index in [1.54, 1.807) is 24.3 Å². The Balaban J connectivity index is 1.43. The van der Waals surface area contributed by atoms with Crippen LogP contribution in [-0.4, -0.2) is 38.9 Å². The van der Waals surface area contributed by atoms with Crippen LogP contribution in [0.4, 0.5) is 0 Å². The van der Waals surface area contributed by atoms with Gasteiger partial charge in [-0.2, -0.15) is 0 Å². The predicted octanol–water partition coefficient (Wildman–Crippen LogP) is 3.56. The summed E-state index contributed by atoms with van der Waals surface area (Å²) in [6.07, 6.45) is 11.3. The second kappa shape index (κ2) is 9.69. The van der Waals surface area contributed by atoms with Gasteiger partial charge in [0.15, 0.2) is 0 Å². The number of nitrogens with zero attached hydrogens (tertiary/aromatic N) is 1. The lowest BCUT2D eigenvalue weighted by Crippen LogP contribution is -2.40. The Bertz CT molecular complexity index is 679. The first kappa shape index (κ1) is 20.3. The van der Waals surface area contributed by atoms with Crippen molar-refractivity contribution in [3.63, 3.8) is 0 Å². The third-order valence-corrected chi connectivity index (χ3v) is 7.67. The number of amides is 1. The van der Waals surface area contributed by atoms with Crippen molar-refractivity contribution >= 4 is 16.4 Å². The Morgan fingerprint density at radius 1 is 0.926 bits per heavy atom. The molecule has 0 bridgehead atoms. The molecule has 0 aromatic heterocycles. The van der Waals surface area contributed by atoms with Crippen molar-refractivity contribution in [1.82, 2.24) is 9.62 Å². The van der Waals surface area contributed by atoms with Gasteiger partial charge in [0.05, 0.1) is 4.90 Å². The molecule has 2 aliphatic rings. The summed E-state index contributed by atoms with van der Waals surface area (Å²) in [6.45, 7) is 1.38. The maximum atomic E-state index is 12.3. The van der Waals surface area contributed by atoms with E-state index in [2.05, 4.69) is 4.72 Å². The van der Waals surface area contributed by atoms with Crippen LogP contribution in [0.15, 0.2) is 35.2 Å². The van der Waals surface area contributed by atoms with E-state index >= 15 is 0 Å². The lowest BCUT2D eigenvalue weighted by atomic mass is 9.81. The third kappa shape index (κ3) is 5.79. The number of rotatable bonds is 8. The highest BCUT2D eigenvalue weighted by atomic mass is 32.2. The van der Waals surface area contributed by atoms with Crippen LogP contribution in [-0.2, 0) is 14.8 Å². The summed E-state index contributed by atoms with van der Waals surface area (Å²) in [6, 6.07) is 8.98. The lowest BCUT2D eigenvalue weighted by Gasteiger charge is -2.36. The van der Waals surface area contributed by atoms with Crippen molar-refractivity contribution in [3.8, 4) is 0 Å². The number of hydrogen-bond donors (Lipinski definition) is 1.